The van der Waals surface area contributed by atoms with Gasteiger partial charge in [0.15, 0.2) is 0 Å². The van der Waals surface area contributed by atoms with Crippen LogP contribution in [-0.2, 0) is 19.1 Å². The van der Waals surface area contributed by atoms with Gasteiger partial charge in [-0.25, -0.2) is 9.59 Å². The molecule has 0 heterocycles. The van der Waals surface area contributed by atoms with E-state index in [4.69, 9.17) is 9.47 Å². The van der Waals surface area contributed by atoms with E-state index < -0.39 is 0 Å². The average Bonchev–Trinajstić information content (AvgIpc) is 3.13. The second kappa shape index (κ2) is 20.6. The van der Waals surface area contributed by atoms with Crippen LogP contribution >= 0.6 is 23.5 Å². The maximum atomic E-state index is 11.1. The molecular weight excluding hydrogens is 657 g/mol. The van der Waals surface area contributed by atoms with Crippen molar-refractivity contribution in [2.24, 2.45) is 0 Å². The molecule has 0 fully saturated rings. The molecule has 50 heavy (non-hydrogen) atoms. The highest BCUT2D eigenvalue weighted by atomic mass is 32.2. The van der Waals surface area contributed by atoms with E-state index in [2.05, 4.69) is 136 Å². The fourth-order valence-electron chi connectivity index (χ4n) is 4.90. The normalized spacial score (nSPS) is 10.2. The lowest BCUT2D eigenvalue weighted by Gasteiger charge is -2.10. The van der Waals surface area contributed by atoms with Crippen LogP contribution < -0.4 is 0 Å². The highest BCUT2D eigenvalue weighted by molar-refractivity contribution is 7.99. The van der Waals surface area contributed by atoms with Crippen LogP contribution in [0.4, 0.5) is 0 Å². The maximum absolute atomic E-state index is 11.1. The van der Waals surface area contributed by atoms with Crippen molar-refractivity contribution < 1.29 is 19.1 Å². The molecule has 0 amide bonds. The lowest BCUT2D eigenvalue weighted by atomic mass is 9.94. The van der Waals surface area contributed by atoms with Crippen molar-refractivity contribution in [2.75, 3.05) is 24.7 Å². The molecule has 6 heteroatoms. The van der Waals surface area contributed by atoms with Crippen molar-refractivity contribution in [3.8, 4) is 34.8 Å². The van der Waals surface area contributed by atoms with Crippen LogP contribution in [0.1, 0.15) is 59.1 Å². The van der Waals surface area contributed by atoms with Crippen molar-refractivity contribution in [1.29, 1.82) is 0 Å². The van der Waals surface area contributed by atoms with Gasteiger partial charge in [0.25, 0.3) is 0 Å². The van der Waals surface area contributed by atoms with E-state index in [1.54, 1.807) is 23.5 Å². The summed E-state index contributed by atoms with van der Waals surface area (Å²) >= 11 is 3.58. The molecule has 0 unspecified atom stereocenters. The molecular formula is C44H42O4S2. The van der Waals surface area contributed by atoms with Gasteiger partial charge in [0.05, 0.1) is 13.2 Å². The van der Waals surface area contributed by atoms with Crippen molar-refractivity contribution >= 4 is 35.5 Å². The molecule has 4 rings (SSSR count). The number of aryl methyl sites for hydroxylation is 2. The Balaban J connectivity index is 1.27. The van der Waals surface area contributed by atoms with Gasteiger partial charge in [0.1, 0.15) is 0 Å². The molecule has 0 spiro atoms. The lowest BCUT2D eigenvalue weighted by Crippen LogP contribution is -2.01. The first kappa shape index (κ1) is 37.9. The van der Waals surface area contributed by atoms with Gasteiger partial charge in [-0.2, -0.15) is 0 Å². The molecule has 0 aliphatic carbocycles. The van der Waals surface area contributed by atoms with E-state index in [0.717, 1.165) is 59.4 Å². The minimum absolute atomic E-state index is 0.366. The molecule has 254 valence electrons. The molecule has 0 atom stereocenters. The van der Waals surface area contributed by atoms with E-state index in [-0.39, 0.29) is 11.9 Å². The van der Waals surface area contributed by atoms with Gasteiger partial charge in [-0.1, -0.05) is 49.0 Å². The summed E-state index contributed by atoms with van der Waals surface area (Å²) in [6.45, 7) is 11.9. The first-order valence-corrected chi connectivity index (χ1v) is 18.6. The maximum Gasteiger partial charge on any atom is 0.330 e. The summed E-state index contributed by atoms with van der Waals surface area (Å²) in [7, 11) is 0. The number of ether oxygens (including phenoxy) is 2. The molecule has 0 bridgehead atoms. The zero-order valence-corrected chi connectivity index (χ0v) is 30.4. The van der Waals surface area contributed by atoms with Gasteiger partial charge < -0.3 is 9.47 Å². The zero-order chi connectivity index (χ0) is 35.6. The minimum Gasteiger partial charge on any atom is -0.463 e. The smallest absolute Gasteiger partial charge is 0.330 e. The van der Waals surface area contributed by atoms with E-state index in [9.17, 15) is 9.59 Å². The van der Waals surface area contributed by atoms with E-state index >= 15 is 0 Å². The molecule has 0 saturated carbocycles. The Morgan fingerprint density at radius 3 is 1.28 bits per heavy atom. The topological polar surface area (TPSA) is 52.6 Å². The number of esters is 2. The summed E-state index contributed by atoms with van der Waals surface area (Å²) in [4.78, 5) is 24.6. The number of thioether (sulfide) groups is 2. The SMILES string of the molecule is C=CC(=O)OCCCCSc1ccc(C#Cc2ccc(-c3ccc(C#Cc4ccc(SCCCCOC(=O)C=C)cc4)cc3C)c(C)c2)cc1. The third-order valence-corrected chi connectivity index (χ3v) is 9.79. The zero-order valence-electron chi connectivity index (χ0n) is 28.8. The molecule has 0 saturated heterocycles. The molecule has 0 aliphatic heterocycles. The first-order valence-electron chi connectivity index (χ1n) is 16.6. The molecule has 0 aromatic heterocycles. The molecule has 0 aliphatic rings. The summed E-state index contributed by atoms with van der Waals surface area (Å²) in [6, 6.07) is 29.4. The van der Waals surface area contributed by atoms with Crippen LogP contribution in [-0.4, -0.2) is 36.7 Å². The standard InChI is InChI=1S/C44H42O4S2/c1-5-43(45)47-27-7-9-29-49-39-21-15-35(16-22-39)11-13-37-19-25-41(33(3)31-37)42-26-20-38(32-34(42)4)14-12-36-17-23-40(24-18-36)50-30-10-8-28-48-44(46)6-2/h5-6,15-26,31-32H,1-2,7-10,27-30H2,3-4H3. The first-order chi connectivity index (χ1) is 24.3. The molecule has 4 aromatic rings. The number of hydrogen-bond donors (Lipinski definition) is 0. The van der Waals surface area contributed by atoms with Gasteiger partial charge in [0.2, 0.25) is 0 Å². The van der Waals surface area contributed by atoms with E-state index in [0.29, 0.717) is 13.2 Å². The Hall–Kier alpha value is -4.88. The van der Waals surface area contributed by atoms with Gasteiger partial charge in [-0.3, -0.25) is 0 Å². The van der Waals surface area contributed by atoms with Crippen LogP contribution in [0.3, 0.4) is 0 Å². The molecule has 4 nitrogen and oxygen atoms in total. The number of rotatable bonds is 15. The predicted molar refractivity (Wildman–Crippen MR) is 208 cm³/mol. The summed E-state index contributed by atoms with van der Waals surface area (Å²) in [5.41, 5.74) is 8.67. The highest BCUT2D eigenvalue weighted by Gasteiger charge is 2.07. The monoisotopic (exact) mass is 698 g/mol. The van der Waals surface area contributed by atoms with Crippen molar-refractivity contribution in [3.05, 3.63) is 144 Å². The largest absolute Gasteiger partial charge is 0.463 e. The van der Waals surface area contributed by atoms with Crippen LogP contribution in [0, 0.1) is 37.5 Å². The van der Waals surface area contributed by atoms with Crippen molar-refractivity contribution in [2.45, 2.75) is 49.3 Å². The van der Waals surface area contributed by atoms with Gasteiger partial charge in [-0.15, -0.1) is 23.5 Å². The van der Waals surface area contributed by atoms with Crippen LogP contribution in [0.2, 0.25) is 0 Å². The molecule has 0 N–H and O–H groups in total. The van der Waals surface area contributed by atoms with E-state index in [1.807, 2.05) is 0 Å². The highest BCUT2D eigenvalue weighted by Crippen LogP contribution is 2.28. The van der Waals surface area contributed by atoms with Crippen molar-refractivity contribution in [3.63, 3.8) is 0 Å². The third-order valence-electron chi connectivity index (χ3n) is 7.59. The van der Waals surface area contributed by atoms with Gasteiger partial charge in [0, 0.05) is 44.2 Å². The fraction of sp³-hybridized carbons (Fsp3) is 0.227. The second-order valence-corrected chi connectivity index (χ2v) is 13.8. The summed E-state index contributed by atoms with van der Waals surface area (Å²) in [5.74, 6) is 14.4. The fourth-order valence-corrected chi connectivity index (χ4v) is 6.72. The number of unbranched alkanes of at least 4 members (excludes halogenated alkanes) is 2. The Bertz CT molecular complexity index is 1760. The van der Waals surface area contributed by atoms with Gasteiger partial charge >= 0.3 is 11.9 Å². The molecule has 4 aromatic carbocycles. The second-order valence-electron chi connectivity index (χ2n) is 11.5. The number of benzene rings is 4. The summed E-state index contributed by atoms with van der Waals surface area (Å²) in [6.07, 6.45) is 6.01. The number of carbonyl (C=O) groups excluding carboxylic acids is 2. The Morgan fingerprint density at radius 2 is 0.920 bits per heavy atom. The quantitative estimate of drug-likeness (QED) is 0.0405. The van der Waals surface area contributed by atoms with Crippen LogP contribution in [0.25, 0.3) is 11.1 Å². The van der Waals surface area contributed by atoms with Crippen LogP contribution in [0.15, 0.2) is 120 Å². The average molecular weight is 699 g/mol. The van der Waals surface area contributed by atoms with Crippen LogP contribution in [0.5, 0.6) is 0 Å². The van der Waals surface area contributed by atoms with Gasteiger partial charge in [-0.05, 0) is 146 Å². The number of carbonyl (C=O) groups is 2. The molecule has 0 radical (unpaired) electrons. The minimum atomic E-state index is -0.366. The predicted octanol–water partition coefficient (Wildman–Crippen LogP) is 9.97. The Morgan fingerprint density at radius 1 is 0.560 bits per heavy atom. The summed E-state index contributed by atoms with van der Waals surface area (Å²) in [5, 5.41) is 0. The summed E-state index contributed by atoms with van der Waals surface area (Å²) < 4.78 is 10.0. The van der Waals surface area contributed by atoms with Crippen molar-refractivity contribution in [1.82, 2.24) is 0 Å². The van der Waals surface area contributed by atoms with E-state index in [1.165, 1.54) is 44.2 Å². The Labute approximate surface area is 305 Å². The lowest BCUT2D eigenvalue weighted by molar-refractivity contribution is -0.138. The number of hydrogen-bond acceptors (Lipinski definition) is 6. The third kappa shape index (κ3) is 12.9. The Kier molecular flexibility index (Phi) is 15.6.